The Morgan fingerprint density at radius 3 is 2.46 bits per heavy atom. The summed E-state index contributed by atoms with van der Waals surface area (Å²) in [5.41, 5.74) is 0. The second-order valence-electron chi connectivity index (χ2n) is 8.35. The SMILES string of the molecule is CC1CCN(c2nnc(SCC(=O)NC(=O)NC3CCCC3)n2C2CC2)CC1. The van der Waals surface area contributed by atoms with Gasteiger partial charge >= 0.3 is 6.03 Å². The van der Waals surface area contributed by atoms with Crippen LogP contribution in [0.1, 0.15) is 64.3 Å². The number of carbonyl (C=O) groups excluding carboxylic acids is 2. The molecule has 4 rings (SSSR count). The third-order valence-corrected chi connectivity index (χ3v) is 6.84. The van der Waals surface area contributed by atoms with Crippen LogP contribution in [0.4, 0.5) is 10.7 Å². The van der Waals surface area contributed by atoms with Crippen molar-refractivity contribution in [2.45, 2.75) is 75.5 Å². The van der Waals surface area contributed by atoms with Crippen LogP contribution in [-0.2, 0) is 4.79 Å². The van der Waals surface area contributed by atoms with Gasteiger partial charge in [0.25, 0.3) is 0 Å². The highest BCUT2D eigenvalue weighted by atomic mass is 32.2. The van der Waals surface area contributed by atoms with Crippen molar-refractivity contribution in [2.75, 3.05) is 23.7 Å². The Kier molecular flexibility index (Phi) is 6.08. The average molecular weight is 407 g/mol. The number of hydrogen-bond donors (Lipinski definition) is 2. The van der Waals surface area contributed by atoms with E-state index in [4.69, 9.17) is 0 Å². The molecule has 0 bridgehead atoms. The molecule has 0 atom stereocenters. The van der Waals surface area contributed by atoms with Crippen LogP contribution in [0.5, 0.6) is 0 Å². The molecule has 2 N–H and O–H groups in total. The first-order valence-electron chi connectivity index (χ1n) is 10.5. The van der Waals surface area contributed by atoms with E-state index in [2.05, 4.69) is 37.2 Å². The summed E-state index contributed by atoms with van der Waals surface area (Å²) in [6, 6.07) is 0.262. The number of carbonyl (C=O) groups is 2. The highest BCUT2D eigenvalue weighted by Crippen LogP contribution is 2.41. The average Bonchev–Trinajstić information content (AvgIpc) is 3.21. The quantitative estimate of drug-likeness (QED) is 0.706. The van der Waals surface area contributed by atoms with E-state index in [1.165, 1.54) is 24.6 Å². The Bertz CT molecular complexity index is 705. The first-order valence-corrected chi connectivity index (χ1v) is 11.5. The fraction of sp³-hybridized carbons (Fsp3) is 0.789. The van der Waals surface area contributed by atoms with Crippen molar-refractivity contribution in [3.05, 3.63) is 0 Å². The lowest BCUT2D eigenvalue weighted by Gasteiger charge is -2.31. The Morgan fingerprint density at radius 2 is 1.79 bits per heavy atom. The number of imide groups is 1. The lowest BCUT2D eigenvalue weighted by molar-refractivity contribution is -0.117. The van der Waals surface area contributed by atoms with Gasteiger partial charge in [-0.15, -0.1) is 10.2 Å². The van der Waals surface area contributed by atoms with Gasteiger partial charge in [0.1, 0.15) is 0 Å². The molecule has 0 aromatic carbocycles. The summed E-state index contributed by atoms with van der Waals surface area (Å²) in [6.45, 7) is 4.32. The van der Waals surface area contributed by atoms with Crippen molar-refractivity contribution in [3.63, 3.8) is 0 Å². The smallest absolute Gasteiger partial charge is 0.321 e. The van der Waals surface area contributed by atoms with Gasteiger partial charge < -0.3 is 10.2 Å². The fourth-order valence-electron chi connectivity index (χ4n) is 4.03. The van der Waals surface area contributed by atoms with E-state index >= 15 is 0 Å². The maximum atomic E-state index is 12.2. The lowest BCUT2D eigenvalue weighted by atomic mass is 10.00. The van der Waals surface area contributed by atoms with Crippen molar-refractivity contribution >= 4 is 29.6 Å². The largest absolute Gasteiger partial charge is 0.341 e. The molecule has 2 saturated carbocycles. The first-order chi connectivity index (χ1) is 13.6. The van der Waals surface area contributed by atoms with Gasteiger partial charge in [-0.25, -0.2) is 4.79 Å². The summed E-state index contributed by atoms with van der Waals surface area (Å²) in [5.74, 6) is 1.58. The zero-order chi connectivity index (χ0) is 19.5. The molecule has 3 fully saturated rings. The molecule has 1 saturated heterocycles. The summed E-state index contributed by atoms with van der Waals surface area (Å²) >= 11 is 1.36. The summed E-state index contributed by atoms with van der Waals surface area (Å²) in [6.07, 6.45) is 8.92. The van der Waals surface area contributed by atoms with Crippen LogP contribution in [0.15, 0.2) is 5.16 Å². The monoisotopic (exact) mass is 406 g/mol. The van der Waals surface area contributed by atoms with Gasteiger partial charge in [0, 0.05) is 25.2 Å². The number of urea groups is 1. The number of thioether (sulfide) groups is 1. The zero-order valence-electron chi connectivity index (χ0n) is 16.5. The first kappa shape index (κ1) is 19.5. The minimum atomic E-state index is -0.385. The number of aromatic nitrogens is 3. The molecule has 2 aliphatic carbocycles. The van der Waals surface area contributed by atoms with Crippen LogP contribution in [0.2, 0.25) is 0 Å². The van der Waals surface area contributed by atoms with Gasteiger partial charge in [-0.2, -0.15) is 0 Å². The minimum absolute atomic E-state index is 0.167. The molecule has 2 heterocycles. The number of piperidine rings is 1. The third kappa shape index (κ3) is 4.79. The predicted molar refractivity (Wildman–Crippen MR) is 109 cm³/mol. The van der Waals surface area contributed by atoms with E-state index in [1.807, 2.05) is 0 Å². The molecule has 0 unspecified atom stereocenters. The summed E-state index contributed by atoms with van der Waals surface area (Å²) in [4.78, 5) is 26.5. The highest BCUT2D eigenvalue weighted by Gasteiger charge is 2.32. The molecule has 1 aromatic heterocycles. The van der Waals surface area contributed by atoms with Gasteiger partial charge in [0.05, 0.1) is 5.75 Å². The molecule has 0 radical (unpaired) electrons. The van der Waals surface area contributed by atoms with Crippen molar-refractivity contribution in [2.24, 2.45) is 5.92 Å². The second-order valence-corrected chi connectivity index (χ2v) is 9.29. The summed E-state index contributed by atoms with van der Waals surface area (Å²) in [5, 5.41) is 14.9. The van der Waals surface area contributed by atoms with Crippen LogP contribution in [0, 0.1) is 5.92 Å². The predicted octanol–water partition coefficient (Wildman–Crippen LogP) is 2.71. The normalized spacial score (nSPS) is 21.1. The van der Waals surface area contributed by atoms with E-state index in [9.17, 15) is 9.59 Å². The molecule has 3 aliphatic rings. The molecular formula is C19H30N6O2S. The summed E-state index contributed by atoms with van der Waals surface area (Å²) < 4.78 is 2.20. The van der Waals surface area contributed by atoms with Gasteiger partial charge in [0.2, 0.25) is 11.9 Å². The zero-order valence-corrected chi connectivity index (χ0v) is 17.3. The van der Waals surface area contributed by atoms with E-state index in [-0.39, 0.29) is 23.7 Å². The van der Waals surface area contributed by atoms with Crippen LogP contribution in [0.3, 0.4) is 0 Å². The molecule has 28 heavy (non-hydrogen) atoms. The Morgan fingerprint density at radius 1 is 1.07 bits per heavy atom. The molecule has 3 amide bonds. The van der Waals surface area contributed by atoms with Gasteiger partial charge in [0.15, 0.2) is 5.16 Å². The number of amides is 3. The molecule has 1 aliphatic heterocycles. The maximum absolute atomic E-state index is 12.2. The van der Waals surface area contributed by atoms with Crippen LogP contribution < -0.4 is 15.5 Å². The molecule has 8 nitrogen and oxygen atoms in total. The van der Waals surface area contributed by atoms with Crippen molar-refractivity contribution in [1.82, 2.24) is 25.4 Å². The van der Waals surface area contributed by atoms with Gasteiger partial charge in [-0.05, 0) is 44.4 Å². The van der Waals surface area contributed by atoms with Crippen LogP contribution in [0.25, 0.3) is 0 Å². The van der Waals surface area contributed by atoms with E-state index in [0.717, 1.165) is 68.6 Å². The minimum Gasteiger partial charge on any atom is -0.341 e. The van der Waals surface area contributed by atoms with Crippen molar-refractivity contribution in [1.29, 1.82) is 0 Å². The highest BCUT2D eigenvalue weighted by molar-refractivity contribution is 7.99. The van der Waals surface area contributed by atoms with Crippen molar-refractivity contribution < 1.29 is 9.59 Å². The number of nitrogens with zero attached hydrogens (tertiary/aromatic N) is 4. The Labute approximate surface area is 170 Å². The maximum Gasteiger partial charge on any atom is 0.321 e. The third-order valence-electron chi connectivity index (χ3n) is 5.90. The molecule has 0 spiro atoms. The van der Waals surface area contributed by atoms with Crippen LogP contribution in [-0.4, -0.2) is 51.6 Å². The molecular weight excluding hydrogens is 376 g/mol. The van der Waals surface area contributed by atoms with Gasteiger partial charge in [-0.3, -0.25) is 14.7 Å². The number of nitrogens with one attached hydrogen (secondary N) is 2. The van der Waals surface area contributed by atoms with Crippen LogP contribution >= 0.6 is 11.8 Å². The lowest BCUT2D eigenvalue weighted by Crippen LogP contribution is -2.44. The van der Waals surface area contributed by atoms with Crippen molar-refractivity contribution in [3.8, 4) is 0 Å². The Hall–Kier alpha value is -1.77. The van der Waals surface area contributed by atoms with Gasteiger partial charge in [-0.1, -0.05) is 31.5 Å². The van der Waals surface area contributed by atoms with E-state index in [1.54, 1.807) is 0 Å². The molecule has 154 valence electrons. The standard InChI is InChI=1S/C19H30N6O2S/c1-13-8-10-24(11-9-13)18-22-23-19(25(18)15-6-7-15)28-12-16(26)21-17(27)20-14-4-2-3-5-14/h13-15H,2-12H2,1H3,(H2,20,21,26,27). The Balaban J connectivity index is 1.31. The number of anilines is 1. The molecule has 1 aromatic rings. The van der Waals surface area contributed by atoms with E-state index in [0.29, 0.717) is 6.04 Å². The number of rotatable bonds is 6. The second kappa shape index (κ2) is 8.71. The fourth-order valence-corrected chi connectivity index (χ4v) is 4.83. The summed E-state index contributed by atoms with van der Waals surface area (Å²) in [7, 11) is 0. The topological polar surface area (TPSA) is 92.2 Å². The van der Waals surface area contributed by atoms with E-state index < -0.39 is 0 Å². The molecule has 9 heteroatoms. The number of hydrogen-bond acceptors (Lipinski definition) is 6.